The van der Waals surface area contributed by atoms with E-state index < -0.39 is 41.0 Å². The number of nitrogens with zero attached hydrogens (tertiary/aromatic N) is 2. The molecule has 0 radical (unpaired) electrons. The molecule has 3 fully saturated rings. The van der Waals surface area contributed by atoms with E-state index in [1.807, 2.05) is 13.0 Å². The number of hydrogen-bond donors (Lipinski definition) is 1. The Bertz CT molecular complexity index is 1180. The predicted molar refractivity (Wildman–Crippen MR) is 115 cm³/mol. The summed E-state index contributed by atoms with van der Waals surface area (Å²) in [6.45, 7) is 3.97. The normalized spacial score (nSPS) is 31.7. The quantitative estimate of drug-likeness (QED) is 0.560. The van der Waals surface area contributed by atoms with Crippen molar-refractivity contribution in [3.8, 4) is 0 Å². The molecule has 1 N–H and O–H groups in total. The van der Waals surface area contributed by atoms with Crippen LogP contribution in [0.15, 0.2) is 10.6 Å². The number of ether oxygens (including phenoxy) is 1. The number of carbonyl (C=O) groups excluding carboxylic acids is 3. The summed E-state index contributed by atoms with van der Waals surface area (Å²) >= 11 is 0. The van der Waals surface area contributed by atoms with E-state index in [9.17, 15) is 14.4 Å². The molecule has 1 aromatic heterocycles. The minimum absolute atomic E-state index is 0.00360. The van der Waals surface area contributed by atoms with Gasteiger partial charge in [-0.1, -0.05) is 18.0 Å². The van der Waals surface area contributed by atoms with E-state index in [0.717, 1.165) is 6.42 Å². The third-order valence-electron chi connectivity index (χ3n) is 7.74. The Hall–Kier alpha value is -2.81. The SMILES string of the molecule is C[C@@H]1CN2c3c(cc4c(CCC5CC5)noc4c3F)CC3(C(=O)CC(=O)NC3=O)[C@H]2[C@H](C)O1. The topological polar surface area (TPSA) is 102 Å². The molecule has 1 saturated carbocycles. The van der Waals surface area contributed by atoms with Gasteiger partial charge in [0.25, 0.3) is 0 Å². The number of anilines is 1. The van der Waals surface area contributed by atoms with Crippen molar-refractivity contribution in [2.24, 2.45) is 11.3 Å². The molecule has 9 heteroatoms. The molecule has 3 aliphatic heterocycles. The summed E-state index contributed by atoms with van der Waals surface area (Å²) in [5.74, 6) is -1.50. The molecule has 2 amide bonds. The first kappa shape index (κ1) is 20.8. The molecule has 8 nitrogen and oxygen atoms in total. The van der Waals surface area contributed by atoms with Crippen molar-refractivity contribution in [3.05, 3.63) is 23.1 Å². The second-order valence-corrected chi connectivity index (χ2v) is 10.1. The second kappa shape index (κ2) is 7.09. The average Bonchev–Trinajstić information content (AvgIpc) is 3.48. The van der Waals surface area contributed by atoms with Gasteiger partial charge in [-0.15, -0.1) is 0 Å². The van der Waals surface area contributed by atoms with Gasteiger partial charge in [-0.2, -0.15) is 0 Å². The van der Waals surface area contributed by atoms with E-state index in [0.29, 0.717) is 41.2 Å². The maximum atomic E-state index is 16.0. The zero-order valence-corrected chi connectivity index (χ0v) is 18.7. The van der Waals surface area contributed by atoms with Gasteiger partial charge >= 0.3 is 0 Å². The number of piperidine rings is 1. The van der Waals surface area contributed by atoms with Crippen molar-refractivity contribution in [1.29, 1.82) is 0 Å². The number of aromatic nitrogens is 1. The minimum Gasteiger partial charge on any atom is -0.372 e. The van der Waals surface area contributed by atoms with Crippen molar-refractivity contribution in [3.63, 3.8) is 0 Å². The van der Waals surface area contributed by atoms with E-state index in [1.165, 1.54) is 12.8 Å². The zero-order chi connectivity index (χ0) is 23.1. The number of morpholine rings is 1. The Morgan fingerprint density at radius 3 is 2.79 bits per heavy atom. The fraction of sp³-hybridized carbons (Fsp3) is 0.583. The highest BCUT2D eigenvalue weighted by Gasteiger charge is 2.62. The Morgan fingerprint density at radius 2 is 2.06 bits per heavy atom. The number of benzene rings is 1. The molecule has 2 saturated heterocycles. The molecule has 1 unspecified atom stereocenters. The fourth-order valence-corrected chi connectivity index (χ4v) is 6.12. The summed E-state index contributed by atoms with van der Waals surface area (Å²) in [5.41, 5.74) is 0.184. The Balaban J connectivity index is 1.53. The molecule has 6 rings (SSSR count). The van der Waals surface area contributed by atoms with Gasteiger partial charge in [0.2, 0.25) is 17.4 Å². The van der Waals surface area contributed by atoms with Crippen LogP contribution in [-0.4, -0.2) is 47.5 Å². The van der Waals surface area contributed by atoms with E-state index >= 15 is 4.39 Å². The molecule has 1 aliphatic carbocycles. The van der Waals surface area contributed by atoms with Crippen LogP contribution in [0.2, 0.25) is 0 Å². The smallest absolute Gasteiger partial charge is 0.242 e. The first-order valence-corrected chi connectivity index (χ1v) is 11.7. The third-order valence-corrected chi connectivity index (χ3v) is 7.74. The standard InChI is InChI=1S/C24H26FN3O5/c1-11-10-28-20-14(7-15-16(6-5-13-3-4-13)27-33-21(15)19(20)25)9-24(22(28)12(2)32-11)17(29)8-18(30)26-23(24)31/h7,11-13,22H,3-6,8-10H2,1-2H3,(H,26,30,31)/t11-,12+,22-,24?/m1/s1. The Kier molecular flexibility index (Phi) is 4.46. The van der Waals surface area contributed by atoms with E-state index in [1.54, 1.807) is 11.8 Å². The number of halogens is 1. The minimum atomic E-state index is -1.52. The molecule has 4 heterocycles. The van der Waals surface area contributed by atoms with Crippen molar-refractivity contribution in [1.82, 2.24) is 10.5 Å². The van der Waals surface area contributed by atoms with Crippen LogP contribution in [-0.2, 0) is 32.0 Å². The lowest BCUT2D eigenvalue weighted by molar-refractivity contribution is -0.158. The fourth-order valence-electron chi connectivity index (χ4n) is 6.12. The zero-order valence-electron chi connectivity index (χ0n) is 18.7. The Morgan fingerprint density at radius 1 is 1.27 bits per heavy atom. The monoisotopic (exact) mass is 455 g/mol. The number of aryl methyl sites for hydroxylation is 1. The predicted octanol–water partition coefficient (Wildman–Crippen LogP) is 2.45. The van der Waals surface area contributed by atoms with Crippen LogP contribution in [0.3, 0.4) is 0 Å². The van der Waals surface area contributed by atoms with Crippen molar-refractivity contribution in [2.45, 2.75) is 70.6 Å². The van der Waals surface area contributed by atoms with Gasteiger partial charge in [-0.25, -0.2) is 4.39 Å². The number of rotatable bonds is 3. The van der Waals surface area contributed by atoms with Crippen LogP contribution in [0.25, 0.3) is 11.0 Å². The summed E-state index contributed by atoms with van der Waals surface area (Å²) in [5, 5.41) is 7.11. The molecular formula is C24H26FN3O5. The number of fused-ring (bicyclic) bond motifs is 5. The second-order valence-electron chi connectivity index (χ2n) is 10.1. The number of carbonyl (C=O) groups is 3. The summed E-state index contributed by atoms with van der Waals surface area (Å²) in [4.78, 5) is 40.3. The lowest BCUT2D eigenvalue weighted by Gasteiger charge is -2.55. The van der Waals surface area contributed by atoms with Crippen LogP contribution >= 0.6 is 0 Å². The number of amides is 2. The van der Waals surface area contributed by atoms with Gasteiger partial charge in [0.15, 0.2) is 11.6 Å². The highest BCUT2D eigenvalue weighted by molar-refractivity contribution is 6.22. The highest BCUT2D eigenvalue weighted by atomic mass is 19.1. The molecular weight excluding hydrogens is 429 g/mol. The molecule has 1 spiro atoms. The molecule has 2 aromatic rings. The maximum Gasteiger partial charge on any atom is 0.242 e. The average molecular weight is 455 g/mol. The number of hydrogen-bond acceptors (Lipinski definition) is 7. The van der Waals surface area contributed by atoms with Gasteiger partial charge in [0, 0.05) is 11.9 Å². The van der Waals surface area contributed by atoms with Gasteiger partial charge in [0.05, 0.1) is 36.1 Å². The van der Waals surface area contributed by atoms with Gasteiger partial charge in [-0.3, -0.25) is 19.7 Å². The van der Waals surface area contributed by atoms with Crippen LogP contribution in [0.4, 0.5) is 10.1 Å². The molecule has 0 bridgehead atoms. The first-order valence-electron chi connectivity index (χ1n) is 11.7. The van der Waals surface area contributed by atoms with Crippen LogP contribution in [0, 0.1) is 17.2 Å². The highest BCUT2D eigenvalue weighted by Crippen LogP contribution is 2.50. The molecule has 4 atom stereocenters. The van der Waals surface area contributed by atoms with E-state index in [-0.39, 0.29) is 24.5 Å². The summed E-state index contributed by atoms with van der Waals surface area (Å²) in [7, 11) is 0. The van der Waals surface area contributed by atoms with Crippen LogP contribution in [0.1, 0.15) is 50.8 Å². The summed E-state index contributed by atoms with van der Waals surface area (Å²) in [6, 6.07) is 1.10. The van der Waals surface area contributed by atoms with Crippen LogP contribution < -0.4 is 10.2 Å². The summed E-state index contributed by atoms with van der Waals surface area (Å²) < 4.78 is 27.4. The Labute approximate surface area is 189 Å². The van der Waals surface area contributed by atoms with Gasteiger partial charge < -0.3 is 14.2 Å². The maximum absolute atomic E-state index is 16.0. The number of ketones is 1. The molecule has 4 aliphatic rings. The number of nitrogens with one attached hydrogen (secondary N) is 1. The lowest BCUT2D eigenvalue weighted by Crippen LogP contribution is -2.72. The largest absolute Gasteiger partial charge is 0.372 e. The number of imide groups is 1. The third kappa shape index (κ3) is 2.97. The van der Waals surface area contributed by atoms with Crippen molar-refractivity contribution < 1.29 is 28.0 Å². The molecule has 1 aromatic carbocycles. The van der Waals surface area contributed by atoms with Gasteiger partial charge in [-0.05, 0) is 50.7 Å². The first-order chi connectivity index (χ1) is 15.8. The van der Waals surface area contributed by atoms with Gasteiger partial charge in [0.1, 0.15) is 5.41 Å². The molecule has 33 heavy (non-hydrogen) atoms. The summed E-state index contributed by atoms with van der Waals surface area (Å²) in [6.07, 6.45) is 2.98. The lowest BCUT2D eigenvalue weighted by atomic mass is 9.63. The van der Waals surface area contributed by atoms with Crippen molar-refractivity contribution >= 4 is 34.3 Å². The van der Waals surface area contributed by atoms with Crippen molar-refractivity contribution in [2.75, 3.05) is 11.4 Å². The number of Topliss-reactive ketones (excluding diaryl/α,β-unsaturated/α-hetero) is 1. The van der Waals surface area contributed by atoms with E-state index in [4.69, 9.17) is 9.26 Å². The molecule has 174 valence electrons. The van der Waals surface area contributed by atoms with Crippen LogP contribution in [0.5, 0.6) is 0 Å². The van der Waals surface area contributed by atoms with E-state index in [2.05, 4.69) is 10.5 Å².